The van der Waals surface area contributed by atoms with Crippen molar-refractivity contribution < 1.29 is 48.7 Å². The van der Waals surface area contributed by atoms with E-state index in [0.717, 1.165) is 12.0 Å². The number of benzene rings is 2. The van der Waals surface area contributed by atoms with Crippen molar-refractivity contribution in [1.82, 2.24) is 0 Å². The van der Waals surface area contributed by atoms with Gasteiger partial charge in [-0.1, -0.05) is 74.9 Å². The number of fused-ring (bicyclic) bond motifs is 1. The number of aliphatic hydroxyl groups excluding tert-OH is 3. The fraction of sp³-hybridized carbons (Fsp3) is 0.558. The Bertz CT molecular complexity index is 1630. The van der Waals surface area contributed by atoms with E-state index in [9.17, 15) is 29.7 Å². The topological polar surface area (TPSA) is 149 Å². The molecule has 2 aliphatic rings. The minimum absolute atomic E-state index is 0.0170. The van der Waals surface area contributed by atoms with Gasteiger partial charge in [0, 0.05) is 10.9 Å². The Balaban J connectivity index is 1.20. The molecule has 0 heterocycles. The summed E-state index contributed by atoms with van der Waals surface area (Å²) in [6.07, 6.45) is 5.45. The molecule has 0 aliphatic heterocycles. The van der Waals surface area contributed by atoms with Crippen LogP contribution in [0.1, 0.15) is 104 Å². The summed E-state index contributed by atoms with van der Waals surface area (Å²) in [7, 11) is 0. The molecule has 2 aromatic carbocycles. The molecule has 8 atom stereocenters. The molecule has 2 aliphatic carbocycles. The second-order valence-electron chi connectivity index (χ2n) is 16.0. The maximum absolute atomic E-state index is 13.1. The van der Waals surface area contributed by atoms with Crippen molar-refractivity contribution in [3.05, 3.63) is 88.5 Å². The van der Waals surface area contributed by atoms with E-state index in [1.807, 2.05) is 20.8 Å². The van der Waals surface area contributed by atoms with Crippen LogP contribution in [0.4, 0.5) is 0 Å². The van der Waals surface area contributed by atoms with Gasteiger partial charge < -0.3 is 34.3 Å². The van der Waals surface area contributed by atoms with E-state index in [2.05, 4.69) is 32.1 Å². The SMILES string of the molecule is CCC(C)(C)C(=O)O[C@H]1C[C@@H](C)C=C2C=C[C@H](C)[C@H](CC[C@@H](O)C[C@@H](O)CC(=O)OCOC(=O)C(C)(C)Oc3ccc(C(O)c4ccc(Cl)cc4)cc3)C21. The molecule has 0 amide bonds. The summed E-state index contributed by atoms with van der Waals surface area (Å²) in [5.74, 6) is -0.776. The first-order chi connectivity index (χ1) is 25.4. The molecule has 0 radical (unpaired) electrons. The van der Waals surface area contributed by atoms with Gasteiger partial charge in [-0.25, -0.2) is 4.79 Å². The van der Waals surface area contributed by atoms with E-state index < -0.39 is 48.1 Å². The van der Waals surface area contributed by atoms with Crippen molar-refractivity contribution in [3.63, 3.8) is 0 Å². The summed E-state index contributed by atoms with van der Waals surface area (Å²) < 4.78 is 22.2. The lowest BCUT2D eigenvalue weighted by atomic mass is 9.65. The van der Waals surface area contributed by atoms with Crippen LogP contribution < -0.4 is 4.74 Å². The monoisotopic (exact) mass is 768 g/mol. The largest absolute Gasteiger partial charge is 0.476 e. The quantitative estimate of drug-likeness (QED) is 0.108. The molecule has 10 nitrogen and oxygen atoms in total. The Morgan fingerprint density at radius 2 is 1.52 bits per heavy atom. The summed E-state index contributed by atoms with van der Waals surface area (Å²) in [4.78, 5) is 38.3. The van der Waals surface area contributed by atoms with Gasteiger partial charge in [0.25, 0.3) is 0 Å². The maximum atomic E-state index is 13.1. The van der Waals surface area contributed by atoms with Crippen LogP contribution in [0.15, 0.2) is 72.3 Å². The lowest BCUT2D eigenvalue weighted by Crippen LogP contribution is -2.43. The Morgan fingerprint density at radius 1 is 0.889 bits per heavy atom. The molecule has 54 heavy (non-hydrogen) atoms. The molecule has 0 aromatic heterocycles. The van der Waals surface area contributed by atoms with Gasteiger partial charge in [-0.05, 0) is 119 Å². The molecule has 296 valence electrons. The molecule has 3 N–H and O–H groups in total. The van der Waals surface area contributed by atoms with Gasteiger partial charge in [0.15, 0.2) is 5.60 Å². The van der Waals surface area contributed by atoms with Gasteiger partial charge in [0.05, 0.1) is 24.0 Å². The van der Waals surface area contributed by atoms with Gasteiger partial charge in [-0.2, -0.15) is 0 Å². The van der Waals surface area contributed by atoms with Crippen LogP contribution in [-0.2, 0) is 28.6 Å². The van der Waals surface area contributed by atoms with E-state index in [-0.39, 0.29) is 48.6 Å². The van der Waals surface area contributed by atoms with E-state index in [1.54, 1.807) is 48.5 Å². The predicted octanol–water partition coefficient (Wildman–Crippen LogP) is 7.66. The highest BCUT2D eigenvalue weighted by atomic mass is 35.5. The Hall–Kier alpha value is -3.70. The standard InChI is InChI=1S/C43H57ClO10/c1-8-42(4,5)40(49)53-36-22-26(2)21-30-10-9-27(3)35(38(30)36)20-17-32(45)23-33(46)24-37(47)51-25-52-41(50)43(6,7)54-34-18-13-29(14-19-34)39(48)28-11-15-31(44)16-12-28/h9-16,18-19,21,26-27,32-33,35-36,38-39,45-46,48H,8,17,20,22-25H2,1-7H3/t26-,27-,32+,33+,35-,36-,38?,39?/m0/s1. The number of ether oxygens (including phenoxy) is 4. The highest BCUT2D eigenvalue weighted by Crippen LogP contribution is 2.45. The summed E-state index contributed by atoms with van der Waals surface area (Å²) in [6, 6.07) is 13.5. The highest BCUT2D eigenvalue weighted by Gasteiger charge is 2.43. The first-order valence-electron chi connectivity index (χ1n) is 18.9. The second kappa shape index (κ2) is 18.8. The number of esters is 3. The van der Waals surface area contributed by atoms with Crippen molar-refractivity contribution in [2.75, 3.05) is 6.79 Å². The third kappa shape index (κ3) is 11.7. The molecule has 0 saturated carbocycles. The Morgan fingerprint density at radius 3 is 2.15 bits per heavy atom. The summed E-state index contributed by atoms with van der Waals surface area (Å²) in [5, 5.41) is 32.7. The molecule has 0 bridgehead atoms. The normalized spacial score (nSPS) is 22.9. The van der Waals surface area contributed by atoms with Crippen molar-refractivity contribution in [3.8, 4) is 5.75 Å². The lowest BCUT2D eigenvalue weighted by Gasteiger charge is -2.44. The number of aliphatic hydroxyl groups is 3. The Kier molecular flexibility index (Phi) is 14.9. The van der Waals surface area contributed by atoms with Crippen LogP contribution in [0.3, 0.4) is 0 Å². The number of carbonyl (C=O) groups is 3. The van der Waals surface area contributed by atoms with E-state index in [4.69, 9.17) is 30.5 Å². The fourth-order valence-corrected chi connectivity index (χ4v) is 7.15. The van der Waals surface area contributed by atoms with Gasteiger partial charge in [0.2, 0.25) is 6.79 Å². The minimum atomic E-state index is -1.43. The van der Waals surface area contributed by atoms with Crippen LogP contribution in [0.25, 0.3) is 0 Å². The number of carbonyl (C=O) groups excluding carboxylic acids is 3. The van der Waals surface area contributed by atoms with Crippen LogP contribution in [0, 0.1) is 29.1 Å². The van der Waals surface area contributed by atoms with Crippen LogP contribution in [0.2, 0.25) is 5.02 Å². The molecule has 2 unspecified atom stereocenters. The lowest BCUT2D eigenvalue weighted by molar-refractivity contribution is -0.178. The first-order valence-corrected chi connectivity index (χ1v) is 19.3. The minimum Gasteiger partial charge on any atom is -0.476 e. The van der Waals surface area contributed by atoms with Gasteiger partial charge in [-0.15, -0.1) is 0 Å². The highest BCUT2D eigenvalue weighted by molar-refractivity contribution is 6.30. The third-order valence-corrected chi connectivity index (χ3v) is 11.0. The van der Waals surface area contributed by atoms with Crippen molar-refractivity contribution >= 4 is 29.5 Å². The molecular weight excluding hydrogens is 712 g/mol. The van der Waals surface area contributed by atoms with Gasteiger partial charge >= 0.3 is 17.9 Å². The van der Waals surface area contributed by atoms with Gasteiger partial charge in [0.1, 0.15) is 18.0 Å². The Labute approximate surface area is 324 Å². The van der Waals surface area contributed by atoms with E-state index in [0.29, 0.717) is 41.2 Å². The number of rotatable bonds is 17. The smallest absolute Gasteiger partial charge is 0.352 e. The van der Waals surface area contributed by atoms with Crippen molar-refractivity contribution in [2.24, 2.45) is 29.1 Å². The molecule has 0 saturated heterocycles. The number of hydrogen-bond donors (Lipinski definition) is 3. The molecular formula is C43H57ClO10. The van der Waals surface area contributed by atoms with Crippen molar-refractivity contribution in [1.29, 1.82) is 0 Å². The van der Waals surface area contributed by atoms with E-state index >= 15 is 0 Å². The molecule has 2 aromatic rings. The third-order valence-electron chi connectivity index (χ3n) is 10.7. The second-order valence-corrected chi connectivity index (χ2v) is 16.4. The average molecular weight is 769 g/mol. The zero-order valence-corrected chi connectivity index (χ0v) is 33.3. The molecule has 11 heteroatoms. The summed E-state index contributed by atoms with van der Waals surface area (Å²) >= 11 is 5.94. The maximum Gasteiger partial charge on any atom is 0.352 e. The zero-order chi connectivity index (χ0) is 39.8. The molecule has 0 fully saturated rings. The van der Waals surface area contributed by atoms with Crippen LogP contribution >= 0.6 is 11.6 Å². The fourth-order valence-electron chi connectivity index (χ4n) is 7.03. The number of hydrogen-bond acceptors (Lipinski definition) is 10. The molecule has 0 spiro atoms. The summed E-state index contributed by atoms with van der Waals surface area (Å²) in [5.41, 5.74) is 0.457. The van der Waals surface area contributed by atoms with E-state index in [1.165, 1.54) is 13.8 Å². The average Bonchev–Trinajstić information content (AvgIpc) is 3.11. The molecule has 4 rings (SSSR count). The number of halogens is 1. The first kappa shape index (κ1) is 43.0. The predicted molar refractivity (Wildman–Crippen MR) is 205 cm³/mol. The van der Waals surface area contributed by atoms with Gasteiger partial charge in [-0.3, -0.25) is 9.59 Å². The zero-order valence-electron chi connectivity index (χ0n) is 32.5. The van der Waals surface area contributed by atoms with Crippen LogP contribution in [-0.4, -0.2) is 63.9 Å². The number of allylic oxidation sites excluding steroid dienone is 3. The van der Waals surface area contributed by atoms with Crippen molar-refractivity contribution in [2.45, 2.75) is 117 Å². The summed E-state index contributed by atoms with van der Waals surface area (Å²) in [6.45, 7) is 12.4. The van der Waals surface area contributed by atoms with Crippen LogP contribution in [0.5, 0.6) is 5.75 Å².